The maximum Gasteiger partial charge on any atom is 0.229 e. The summed E-state index contributed by atoms with van der Waals surface area (Å²) in [4.78, 5) is 14.9. The van der Waals surface area contributed by atoms with Crippen LogP contribution in [0.2, 0.25) is 0 Å². The van der Waals surface area contributed by atoms with E-state index >= 15 is 0 Å². The lowest BCUT2D eigenvalue weighted by Gasteiger charge is -2.31. The Morgan fingerprint density at radius 1 is 1.11 bits per heavy atom. The van der Waals surface area contributed by atoms with Crippen LogP contribution in [-0.2, 0) is 4.79 Å². The molecule has 0 bridgehead atoms. The summed E-state index contributed by atoms with van der Waals surface area (Å²) in [5.41, 5.74) is -0.154. The quantitative estimate of drug-likeness (QED) is 0.651. The van der Waals surface area contributed by atoms with Crippen LogP contribution < -0.4 is 5.32 Å². The number of rotatable bonds is 9. The van der Waals surface area contributed by atoms with Crippen molar-refractivity contribution in [2.45, 2.75) is 65.7 Å². The van der Waals surface area contributed by atoms with Crippen LogP contribution in [0, 0.1) is 5.41 Å². The van der Waals surface area contributed by atoms with Crippen molar-refractivity contribution in [3.63, 3.8) is 0 Å². The largest absolute Gasteiger partial charge is 0.342 e. The van der Waals surface area contributed by atoms with Gasteiger partial charge in [0.2, 0.25) is 5.91 Å². The van der Waals surface area contributed by atoms with E-state index in [9.17, 15) is 4.79 Å². The van der Waals surface area contributed by atoms with Gasteiger partial charge in [-0.3, -0.25) is 4.79 Å². The van der Waals surface area contributed by atoms with Gasteiger partial charge in [-0.15, -0.1) is 0 Å². The molecule has 1 unspecified atom stereocenters. The zero-order valence-corrected chi connectivity index (χ0v) is 13.1. The molecule has 1 aliphatic rings. The third kappa shape index (κ3) is 5.13. The molecule has 1 heterocycles. The maximum absolute atomic E-state index is 12.7. The van der Waals surface area contributed by atoms with Crippen LogP contribution in [0.5, 0.6) is 0 Å². The normalized spacial score (nSPS) is 22.7. The van der Waals surface area contributed by atoms with Crippen molar-refractivity contribution in [3.05, 3.63) is 0 Å². The minimum atomic E-state index is -0.154. The van der Waals surface area contributed by atoms with Crippen LogP contribution >= 0.6 is 0 Å². The SMILES string of the molecule is CCCCCN(CCCCC)C(=O)C1(C)CCNC1. The van der Waals surface area contributed by atoms with E-state index in [2.05, 4.69) is 31.0 Å². The van der Waals surface area contributed by atoms with Crippen LogP contribution in [0.1, 0.15) is 65.7 Å². The number of nitrogens with zero attached hydrogens (tertiary/aromatic N) is 1. The molecule has 0 aliphatic carbocycles. The molecular formula is C16H32N2O. The molecule has 0 spiro atoms. The van der Waals surface area contributed by atoms with E-state index in [1.165, 1.54) is 25.7 Å². The lowest BCUT2D eigenvalue weighted by Crippen LogP contribution is -2.44. The zero-order valence-electron chi connectivity index (χ0n) is 13.1. The van der Waals surface area contributed by atoms with E-state index in [1.807, 2.05) is 0 Å². The monoisotopic (exact) mass is 268 g/mol. The molecule has 0 saturated carbocycles. The molecule has 1 saturated heterocycles. The Bertz CT molecular complexity index is 249. The van der Waals surface area contributed by atoms with Crippen molar-refractivity contribution >= 4 is 5.91 Å². The molecular weight excluding hydrogens is 236 g/mol. The molecule has 112 valence electrons. The second kappa shape index (κ2) is 8.57. The molecule has 0 aromatic rings. The predicted molar refractivity (Wildman–Crippen MR) is 81.2 cm³/mol. The van der Waals surface area contributed by atoms with Gasteiger partial charge in [-0.25, -0.2) is 0 Å². The molecule has 1 aliphatic heterocycles. The topological polar surface area (TPSA) is 32.3 Å². The lowest BCUT2D eigenvalue weighted by molar-refractivity contribution is -0.140. The number of amides is 1. The Morgan fingerprint density at radius 3 is 2.11 bits per heavy atom. The van der Waals surface area contributed by atoms with Crippen LogP contribution in [-0.4, -0.2) is 37.0 Å². The highest BCUT2D eigenvalue weighted by molar-refractivity contribution is 5.83. The van der Waals surface area contributed by atoms with Crippen molar-refractivity contribution < 1.29 is 4.79 Å². The first kappa shape index (κ1) is 16.5. The molecule has 1 amide bonds. The fourth-order valence-corrected chi connectivity index (χ4v) is 2.80. The number of unbranched alkanes of at least 4 members (excludes halogenated alkanes) is 4. The first-order chi connectivity index (χ1) is 9.14. The molecule has 1 N–H and O–H groups in total. The van der Waals surface area contributed by atoms with Gasteiger partial charge in [0.1, 0.15) is 0 Å². The Hall–Kier alpha value is -0.570. The highest BCUT2D eigenvalue weighted by Crippen LogP contribution is 2.27. The number of carbonyl (C=O) groups is 1. The van der Waals surface area contributed by atoms with Crippen LogP contribution in [0.15, 0.2) is 0 Å². The predicted octanol–water partition coefficient (Wildman–Crippen LogP) is 3.20. The van der Waals surface area contributed by atoms with E-state index in [1.54, 1.807) is 0 Å². The summed E-state index contributed by atoms with van der Waals surface area (Å²) in [5.74, 6) is 0.379. The van der Waals surface area contributed by atoms with Gasteiger partial charge in [0.25, 0.3) is 0 Å². The van der Waals surface area contributed by atoms with E-state index < -0.39 is 0 Å². The van der Waals surface area contributed by atoms with Crippen molar-refractivity contribution in [2.75, 3.05) is 26.2 Å². The van der Waals surface area contributed by atoms with E-state index in [0.29, 0.717) is 5.91 Å². The van der Waals surface area contributed by atoms with Crippen molar-refractivity contribution in [3.8, 4) is 0 Å². The van der Waals surface area contributed by atoms with Crippen LogP contribution in [0.4, 0.5) is 0 Å². The Balaban J connectivity index is 2.52. The van der Waals surface area contributed by atoms with E-state index in [4.69, 9.17) is 0 Å². The van der Waals surface area contributed by atoms with Crippen molar-refractivity contribution in [1.29, 1.82) is 0 Å². The van der Waals surface area contributed by atoms with Gasteiger partial charge >= 0.3 is 0 Å². The Kier molecular flexibility index (Phi) is 7.44. The summed E-state index contributed by atoms with van der Waals surface area (Å²) < 4.78 is 0. The number of nitrogens with one attached hydrogen (secondary N) is 1. The third-order valence-corrected chi connectivity index (χ3v) is 4.24. The minimum Gasteiger partial charge on any atom is -0.342 e. The minimum absolute atomic E-state index is 0.154. The van der Waals surface area contributed by atoms with Gasteiger partial charge < -0.3 is 10.2 Å². The van der Waals surface area contributed by atoms with Gasteiger partial charge in [-0.1, -0.05) is 39.5 Å². The molecule has 1 rings (SSSR count). The molecule has 3 heteroatoms. The van der Waals surface area contributed by atoms with Crippen molar-refractivity contribution in [2.24, 2.45) is 5.41 Å². The average Bonchev–Trinajstić information content (AvgIpc) is 2.85. The fourth-order valence-electron chi connectivity index (χ4n) is 2.80. The molecule has 1 atom stereocenters. The number of carbonyl (C=O) groups excluding carboxylic acids is 1. The zero-order chi connectivity index (χ0) is 14.1. The highest BCUT2D eigenvalue weighted by Gasteiger charge is 2.38. The van der Waals surface area contributed by atoms with Crippen molar-refractivity contribution in [1.82, 2.24) is 10.2 Å². The second-order valence-corrected chi connectivity index (χ2v) is 6.19. The molecule has 1 fully saturated rings. The van der Waals surface area contributed by atoms with Crippen LogP contribution in [0.25, 0.3) is 0 Å². The fraction of sp³-hybridized carbons (Fsp3) is 0.938. The Morgan fingerprint density at radius 2 is 1.68 bits per heavy atom. The number of hydrogen-bond donors (Lipinski definition) is 1. The second-order valence-electron chi connectivity index (χ2n) is 6.19. The molecule has 0 radical (unpaired) electrons. The van der Waals surface area contributed by atoms with Gasteiger partial charge in [-0.05, 0) is 32.7 Å². The van der Waals surface area contributed by atoms with Gasteiger partial charge in [0, 0.05) is 19.6 Å². The first-order valence-corrected chi connectivity index (χ1v) is 8.14. The number of hydrogen-bond acceptors (Lipinski definition) is 2. The summed E-state index contributed by atoms with van der Waals surface area (Å²) in [6.45, 7) is 10.3. The standard InChI is InChI=1S/C16H32N2O/c1-4-6-8-12-18(13-9-7-5-2)15(19)16(3)10-11-17-14-16/h17H,4-14H2,1-3H3. The average molecular weight is 268 g/mol. The summed E-state index contributed by atoms with van der Waals surface area (Å²) in [6, 6.07) is 0. The first-order valence-electron chi connectivity index (χ1n) is 8.14. The summed E-state index contributed by atoms with van der Waals surface area (Å²) >= 11 is 0. The Labute approximate surface area is 119 Å². The van der Waals surface area contributed by atoms with Gasteiger partial charge in [0.05, 0.1) is 5.41 Å². The highest BCUT2D eigenvalue weighted by atomic mass is 16.2. The lowest BCUT2D eigenvalue weighted by atomic mass is 9.88. The van der Waals surface area contributed by atoms with E-state index in [-0.39, 0.29) is 5.41 Å². The molecule has 3 nitrogen and oxygen atoms in total. The summed E-state index contributed by atoms with van der Waals surface area (Å²) in [5, 5.41) is 3.34. The maximum atomic E-state index is 12.7. The molecule has 0 aromatic heterocycles. The van der Waals surface area contributed by atoms with Gasteiger partial charge in [-0.2, -0.15) is 0 Å². The van der Waals surface area contributed by atoms with Crippen LogP contribution in [0.3, 0.4) is 0 Å². The summed E-state index contributed by atoms with van der Waals surface area (Å²) in [6.07, 6.45) is 8.18. The smallest absolute Gasteiger partial charge is 0.229 e. The molecule has 0 aromatic carbocycles. The molecule has 19 heavy (non-hydrogen) atoms. The summed E-state index contributed by atoms with van der Waals surface area (Å²) in [7, 11) is 0. The third-order valence-electron chi connectivity index (χ3n) is 4.24. The van der Waals surface area contributed by atoms with Gasteiger partial charge in [0.15, 0.2) is 0 Å². The van der Waals surface area contributed by atoms with E-state index in [0.717, 1.165) is 45.4 Å².